The smallest absolute Gasteiger partial charge is 0.266 e. The quantitative estimate of drug-likeness (QED) is 0.422. The standard InChI is InChI=1S/C25H29ClFN3O2/c1-5-7-10-17(6-2)24(31)29(4)16(3)23-28-22-12-9-8-11-19(22)25(32)30(23)18-13-14-21(27)20(26)15-18/h8-9,11-17H,5-7,10H2,1-4H3. The lowest BCUT2D eigenvalue weighted by Crippen LogP contribution is -2.38. The predicted molar refractivity (Wildman–Crippen MR) is 127 cm³/mol. The molecule has 0 aliphatic carbocycles. The Labute approximate surface area is 192 Å². The molecule has 0 aliphatic rings. The second kappa shape index (κ2) is 10.3. The second-order valence-corrected chi connectivity index (χ2v) is 8.51. The van der Waals surface area contributed by atoms with Crippen LogP contribution in [-0.2, 0) is 4.79 Å². The highest BCUT2D eigenvalue weighted by atomic mass is 35.5. The van der Waals surface area contributed by atoms with E-state index in [-0.39, 0.29) is 22.4 Å². The summed E-state index contributed by atoms with van der Waals surface area (Å²) in [7, 11) is 1.74. The fraction of sp³-hybridized carbons (Fsp3) is 0.400. The number of carbonyl (C=O) groups is 1. The summed E-state index contributed by atoms with van der Waals surface area (Å²) in [5, 5.41) is 0.350. The lowest BCUT2D eigenvalue weighted by atomic mass is 9.97. The van der Waals surface area contributed by atoms with Crippen molar-refractivity contribution >= 4 is 28.4 Å². The molecule has 0 radical (unpaired) electrons. The maximum absolute atomic E-state index is 13.8. The molecule has 2 atom stereocenters. The van der Waals surface area contributed by atoms with Crippen molar-refractivity contribution in [2.24, 2.45) is 5.92 Å². The summed E-state index contributed by atoms with van der Waals surface area (Å²) in [6.07, 6.45) is 3.59. The van der Waals surface area contributed by atoms with Crippen LogP contribution in [0.15, 0.2) is 47.3 Å². The van der Waals surface area contributed by atoms with Crippen molar-refractivity contribution in [2.45, 2.75) is 52.5 Å². The molecule has 170 valence electrons. The number of hydrogen-bond donors (Lipinski definition) is 0. The number of hydrogen-bond acceptors (Lipinski definition) is 3. The average Bonchev–Trinajstić information content (AvgIpc) is 2.80. The number of fused-ring (bicyclic) bond motifs is 1. The van der Waals surface area contributed by atoms with Crippen LogP contribution in [0.1, 0.15) is 58.3 Å². The van der Waals surface area contributed by atoms with Crippen molar-refractivity contribution in [3.63, 3.8) is 0 Å². The van der Waals surface area contributed by atoms with Crippen LogP contribution in [0.2, 0.25) is 5.02 Å². The molecule has 0 saturated heterocycles. The van der Waals surface area contributed by atoms with Crippen LogP contribution in [0.5, 0.6) is 0 Å². The second-order valence-electron chi connectivity index (χ2n) is 8.10. The normalized spacial score (nSPS) is 13.2. The molecule has 1 amide bonds. The minimum Gasteiger partial charge on any atom is -0.336 e. The van der Waals surface area contributed by atoms with Crippen LogP contribution in [0, 0.1) is 11.7 Å². The van der Waals surface area contributed by atoms with Crippen LogP contribution in [0.25, 0.3) is 16.6 Å². The van der Waals surface area contributed by atoms with Gasteiger partial charge >= 0.3 is 0 Å². The third-order valence-electron chi connectivity index (χ3n) is 6.01. The summed E-state index contributed by atoms with van der Waals surface area (Å²) in [6.45, 7) is 5.97. The number of halogens is 2. The molecular weight excluding hydrogens is 429 g/mol. The molecule has 3 rings (SSSR count). The zero-order valence-corrected chi connectivity index (χ0v) is 19.7. The fourth-order valence-corrected chi connectivity index (χ4v) is 4.08. The summed E-state index contributed by atoms with van der Waals surface area (Å²) >= 11 is 6.01. The zero-order chi connectivity index (χ0) is 23.4. The summed E-state index contributed by atoms with van der Waals surface area (Å²) in [5.74, 6) is -0.221. The number of benzene rings is 2. The van der Waals surface area contributed by atoms with E-state index < -0.39 is 11.9 Å². The molecule has 5 nitrogen and oxygen atoms in total. The maximum atomic E-state index is 13.8. The Kier molecular flexibility index (Phi) is 7.67. The van der Waals surface area contributed by atoms with E-state index in [1.165, 1.54) is 22.8 Å². The Hall–Kier alpha value is -2.73. The summed E-state index contributed by atoms with van der Waals surface area (Å²) in [5.41, 5.74) is 0.655. The van der Waals surface area contributed by atoms with E-state index in [2.05, 4.69) is 6.92 Å². The molecule has 0 saturated carbocycles. The molecule has 2 aromatic carbocycles. The lowest BCUT2D eigenvalue weighted by Gasteiger charge is -2.30. The van der Waals surface area contributed by atoms with Gasteiger partial charge in [-0.15, -0.1) is 0 Å². The average molecular weight is 458 g/mol. The van der Waals surface area contributed by atoms with Crippen molar-refractivity contribution in [1.82, 2.24) is 14.5 Å². The van der Waals surface area contributed by atoms with E-state index in [0.717, 1.165) is 25.7 Å². The number of nitrogens with zero attached hydrogens (tertiary/aromatic N) is 3. The van der Waals surface area contributed by atoms with Crippen LogP contribution in [0.3, 0.4) is 0 Å². The van der Waals surface area contributed by atoms with Crippen molar-refractivity contribution in [3.8, 4) is 5.69 Å². The van der Waals surface area contributed by atoms with E-state index in [4.69, 9.17) is 16.6 Å². The first-order valence-corrected chi connectivity index (χ1v) is 11.4. The van der Waals surface area contributed by atoms with Gasteiger partial charge in [0.05, 0.1) is 27.7 Å². The molecule has 7 heteroatoms. The van der Waals surface area contributed by atoms with Gasteiger partial charge in [-0.2, -0.15) is 0 Å². The van der Waals surface area contributed by atoms with E-state index >= 15 is 0 Å². The number of amides is 1. The van der Waals surface area contributed by atoms with Gasteiger partial charge in [0.15, 0.2) is 0 Å². The zero-order valence-electron chi connectivity index (χ0n) is 18.9. The van der Waals surface area contributed by atoms with Gasteiger partial charge in [-0.3, -0.25) is 14.2 Å². The highest BCUT2D eigenvalue weighted by molar-refractivity contribution is 6.30. The first kappa shape index (κ1) is 23.9. The van der Waals surface area contributed by atoms with Crippen molar-refractivity contribution < 1.29 is 9.18 Å². The predicted octanol–water partition coefficient (Wildman–Crippen LogP) is 5.91. The van der Waals surface area contributed by atoms with Gasteiger partial charge in [0, 0.05) is 13.0 Å². The van der Waals surface area contributed by atoms with Crippen LogP contribution >= 0.6 is 11.6 Å². The third-order valence-corrected chi connectivity index (χ3v) is 6.30. The largest absolute Gasteiger partial charge is 0.336 e. The molecule has 0 spiro atoms. The first-order chi connectivity index (χ1) is 15.3. The van der Waals surface area contributed by atoms with Gasteiger partial charge in [-0.05, 0) is 50.1 Å². The van der Waals surface area contributed by atoms with Gasteiger partial charge in [0.25, 0.3) is 5.56 Å². The molecule has 2 unspecified atom stereocenters. The van der Waals surface area contributed by atoms with Crippen molar-refractivity contribution in [1.29, 1.82) is 0 Å². The Morgan fingerprint density at radius 2 is 1.94 bits per heavy atom. The van der Waals surface area contributed by atoms with Gasteiger partial charge in [0.1, 0.15) is 11.6 Å². The Balaban J connectivity index is 2.14. The van der Waals surface area contributed by atoms with Crippen molar-refractivity contribution in [2.75, 3.05) is 7.05 Å². The monoisotopic (exact) mass is 457 g/mol. The fourth-order valence-electron chi connectivity index (χ4n) is 3.91. The van der Waals surface area contributed by atoms with Crippen LogP contribution in [-0.4, -0.2) is 27.4 Å². The topological polar surface area (TPSA) is 55.2 Å². The molecule has 1 heterocycles. The molecule has 0 fully saturated rings. The highest BCUT2D eigenvalue weighted by Gasteiger charge is 2.28. The Morgan fingerprint density at radius 3 is 2.59 bits per heavy atom. The highest BCUT2D eigenvalue weighted by Crippen LogP contribution is 2.26. The maximum Gasteiger partial charge on any atom is 0.266 e. The summed E-state index contributed by atoms with van der Waals surface area (Å²) in [6, 6.07) is 10.7. The molecular formula is C25H29ClFN3O2. The van der Waals surface area contributed by atoms with Gasteiger partial charge in [-0.25, -0.2) is 9.37 Å². The number of unbranched alkanes of at least 4 members (excludes halogenated alkanes) is 1. The van der Waals surface area contributed by atoms with Gasteiger partial charge in [0.2, 0.25) is 5.91 Å². The molecule has 0 N–H and O–H groups in total. The number of aromatic nitrogens is 2. The van der Waals surface area contributed by atoms with E-state index in [1.807, 2.05) is 19.9 Å². The summed E-state index contributed by atoms with van der Waals surface area (Å²) < 4.78 is 15.2. The molecule has 1 aromatic heterocycles. The first-order valence-electron chi connectivity index (χ1n) is 11.0. The van der Waals surface area contributed by atoms with Crippen LogP contribution < -0.4 is 5.56 Å². The van der Waals surface area contributed by atoms with E-state index in [0.29, 0.717) is 22.4 Å². The SMILES string of the molecule is CCCCC(CC)C(=O)N(C)C(C)c1nc2ccccc2c(=O)n1-c1ccc(F)c(Cl)c1. The minimum atomic E-state index is -0.569. The molecule has 32 heavy (non-hydrogen) atoms. The molecule has 0 aliphatic heterocycles. The molecule has 0 bridgehead atoms. The summed E-state index contributed by atoms with van der Waals surface area (Å²) in [4.78, 5) is 33.1. The lowest BCUT2D eigenvalue weighted by molar-refractivity contribution is -0.136. The molecule has 3 aromatic rings. The number of para-hydroxylation sites is 1. The third kappa shape index (κ3) is 4.70. The Morgan fingerprint density at radius 1 is 1.22 bits per heavy atom. The van der Waals surface area contributed by atoms with E-state index in [9.17, 15) is 14.0 Å². The van der Waals surface area contributed by atoms with Crippen molar-refractivity contribution in [3.05, 3.63) is 69.5 Å². The number of carbonyl (C=O) groups excluding carboxylic acids is 1. The Bertz CT molecular complexity index is 1180. The van der Waals surface area contributed by atoms with Crippen LogP contribution in [0.4, 0.5) is 4.39 Å². The van der Waals surface area contributed by atoms with Gasteiger partial charge in [-0.1, -0.05) is 50.4 Å². The van der Waals surface area contributed by atoms with Gasteiger partial charge < -0.3 is 4.90 Å². The number of rotatable bonds is 8. The van der Waals surface area contributed by atoms with E-state index in [1.54, 1.807) is 30.1 Å². The minimum absolute atomic E-state index is 0.0274.